The molecule has 0 saturated carbocycles. The highest BCUT2D eigenvalue weighted by molar-refractivity contribution is 5.97. The Kier molecular flexibility index (Phi) is 3.96. The number of nitrogens with one attached hydrogen (secondary N) is 1. The molecule has 0 aliphatic rings. The Hall–Kier alpha value is -1.55. The molecule has 0 saturated heterocycles. The van der Waals surface area contributed by atoms with Crippen LogP contribution in [0.25, 0.3) is 0 Å². The van der Waals surface area contributed by atoms with E-state index in [-0.39, 0.29) is 11.7 Å². The van der Waals surface area contributed by atoms with Crippen molar-refractivity contribution in [3.63, 3.8) is 0 Å². The van der Waals surface area contributed by atoms with E-state index in [1.54, 1.807) is 26.8 Å². The summed E-state index contributed by atoms with van der Waals surface area (Å²) >= 11 is 0. The fourth-order valence-corrected chi connectivity index (χ4v) is 1.63. The molecule has 0 radical (unpaired) electrons. The third-order valence-corrected chi connectivity index (χ3v) is 3.87. The van der Waals surface area contributed by atoms with Crippen molar-refractivity contribution in [2.45, 2.75) is 47.1 Å². The van der Waals surface area contributed by atoms with Gasteiger partial charge < -0.3 is 16.2 Å². The number of phenolic OH excluding ortho intramolecular Hbond substituents is 1. The smallest absolute Gasteiger partial charge is 0.231 e. The summed E-state index contributed by atoms with van der Waals surface area (Å²) in [6.45, 7) is 10.9. The van der Waals surface area contributed by atoms with Gasteiger partial charge in [0.25, 0.3) is 0 Å². The van der Waals surface area contributed by atoms with E-state index in [4.69, 9.17) is 5.73 Å². The average molecular weight is 264 g/mol. The van der Waals surface area contributed by atoms with Crippen LogP contribution in [0.2, 0.25) is 0 Å². The first-order valence-corrected chi connectivity index (χ1v) is 6.37. The standard InChI is InChI=1S/C15H24N2O2/c1-9-7-10(2)12(18)11(8-9)17-13(19)14(3,4)15(5,6)16/h7-8,18H,16H2,1-6H3,(H,17,19). The van der Waals surface area contributed by atoms with Crippen molar-refractivity contribution in [3.8, 4) is 5.75 Å². The maximum Gasteiger partial charge on any atom is 0.231 e. The molecule has 0 atom stereocenters. The molecule has 0 aliphatic heterocycles. The maximum atomic E-state index is 12.4. The number of rotatable bonds is 3. The molecule has 4 nitrogen and oxygen atoms in total. The van der Waals surface area contributed by atoms with Gasteiger partial charge in [0.1, 0.15) is 5.75 Å². The van der Waals surface area contributed by atoms with Crippen LogP contribution >= 0.6 is 0 Å². The number of amides is 1. The van der Waals surface area contributed by atoms with Gasteiger partial charge in [-0.2, -0.15) is 0 Å². The number of anilines is 1. The topological polar surface area (TPSA) is 75.3 Å². The van der Waals surface area contributed by atoms with Crippen LogP contribution in [-0.4, -0.2) is 16.6 Å². The van der Waals surface area contributed by atoms with Crippen molar-refractivity contribution < 1.29 is 9.90 Å². The Bertz CT molecular complexity index is 500. The predicted molar refractivity (Wildman–Crippen MR) is 78.3 cm³/mol. The van der Waals surface area contributed by atoms with Crippen molar-refractivity contribution in [2.24, 2.45) is 11.1 Å². The summed E-state index contributed by atoms with van der Waals surface area (Å²) in [5.74, 6) is -0.107. The van der Waals surface area contributed by atoms with Gasteiger partial charge in [0, 0.05) is 5.54 Å². The van der Waals surface area contributed by atoms with Crippen LogP contribution in [0.5, 0.6) is 5.75 Å². The lowest BCUT2D eigenvalue weighted by Crippen LogP contribution is -2.53. The molecule has 0 spiro atoms. The molecular weight excluding hydrogens is 240 g/mol. The molecule has 19 heavy (non-hydrogen) atoms. The Morgan fingerprint density at radius 1 is 1.21 bits per heavy atom. The Morgan fingerprint density at radius 3 is 2.21 bits per heavy atom. The minimum atomic E-state index is -0.753. The van der Waals surface area contributed by atoms with Crippen LogP contribution in [0.4, 0.5) is 5.69 Å². The second-order valence-corrected chi connectivity index (χ2v) is 6.28. The van der Waals surface area contributed by atoms with Gasteiger partial charge in [0.15, 0.2) is 0 Å². The molecule has 4 heteroatoms. The van der Waals surface area contributed by atoms with E-state index < -0.39 is 11.0 Å². The molecule has 106 valence electrons. The van der Waals surface area contributed by atoms with E-state index >= 15 is 0 Å². The first-order valence-electron chi connectivity index (χ1n) is 6.37. The minimum absolute atomic E-state index is 0.101. The number of aromatic hydroxyl groups is 1. The lowest BCUT2D eigenvalue weighted by atomic mass is 9.74. The van der Waals surface area contributed by atoms with Gasteiger partial charge in [-0.1, -0.05) is 6.07 Å². The highest BCUT2D eigenvalue weighted by Gasteiger charge is 2.40. The molecule has 1 amide bonds. The zero-order chi connectivity index (χ0) is 15.0. The first-order chi connectivity index (χ1) is 8.46. The van der Waals surface area contributed by atoms with Crippen molar-refractivity contribution in [2.75, 3.05) is 5.32 Å². The number of nitrogens with two attached hydrogens (primary N) is 1. The van der Waals surface area contributed by atoms with Crippen molar-refractivity contribution in [3.05, 3.63) is 23.3 Å². The Balaban J connectivity index is 3.08. The number of carbonyl (C=O) groups excluding carboxylic acids is 1. The van der Waals surface area contributed by atoms with Crippen LogP contribution < -0.4 is 11.1 Å². The maximum absolute atomic E-state index is 12.4. The Morgan fingerprint density at radius 2 is 1.74 bits per heavy atom. The molecule has 0 bridgehead atoms. The summed E-state index contributed by atoms with van der Waals surface area (Å²) in [7, 11) is 0. The van der Waals surface area contributed by atoms with Crippen LogP contribution in [0.1, 0.15) is 38.8 Å². The number of aryl methyl sites for hydroxylation is 2. The van der Waals surface area contributed by atoms with E-state index in [0.717, 1.165) is 11.1 Å². The number of benzene rings is 1. The van der Waals surface area contributed by atoms with E-state index in [0.29, 0.717) is 5.69 Å². The van der Waals surface area contributed by atoms with Gasteiger partial charge in [-0.3, -0.25) is 4.79 Å². The van der Waals surface area contributed by atoms with Gasteiger partial charge >= 0.3 is 0 Å². The van der Waals surface area contributed by atoms with Crippen molar-refractivity contribution in [1.82, 2.24) is 0 Å². The highest BCUT2D eigenvalue weighted by Crippen LogP contribution is 2.33. The highest BCUT2D eigenvalue weighted by atomic mass is 16.3. The molecule has 1 rings (SSSR count). The molecule has 0 fully saturated rings. The normalized spacial score (nSPS) is 12.4. The summed E-state index contributed by atoms with van der Waals surface area (Å²) in [6, 6.07) is 3.61. The van der Waals surface area contributed by atoms with Gasteiger partial charge in [-0.15, -0.1) is 0 Å². The second-order valence-electron chi connectivity index (χ2n) is 6.28. The third-order valence-electron chi connectivity index (χ3n) is 3.87. The van der Waals surface area contributed by atoms with E-state index in [1.807, 2.05) is 26.8 Å². The lowest BCUT2D eigenvalue weighted by molar-refractivity contribution is -0.126. The fourth-order valence-electron chi connectivity index (χ4n) is 1.63. The molecule has 0 aromatic heterocycles. The van der Waals surface area contributed by atoms with Crippen molar-refractivity contribution >= 4 is 11.6 Å². The largest absolute Gasteiger partial charge is 0.505 e. The van der Waals surface area contributed by atoms with Gasteiger partial charge in [0.2, 0.25) is 5.91 Å². The van der Waals surface area contributed by atoms with E-state index in [9.17, 15) is 9.90 Å². The molecule has 4 N–H and O–H groups in total. The van der Waals surface area contributed by atoms with Crippen molar-refractivity contribution in [1.29, 1.82) is 0 Å². The molecule has 0 unspecified atom stereocenters. The number of phenols is 1. The molecule has 0 aliphatic carbocycles. The zero-order valence-corrected chi connectivity index (χ0v) is 12.6. The van der Waals surface area contributed by atoms with Gasteiger partial charge in [-0.25, -0.2) is 0 Å². The molecule has 0 heterocycles. The number of hydrogen-bond acceptors (Lipinski definition) is 3. The summed E-state index contributed by atoms with van der Waals surface area (Å²) < 4.78 is 0. The summed E-state index contributed by atoms with van der Waals surface area (Å²) in [5, 5.41) is 12.8. The average Bonchev–Trinajstić information content (AvgIpc) is 2.23. The molecule has 1 aromatic carbocycles. The molecule has 1 aromatic rings. The summed E-state index contributed by atoms with van der Waals surface area (Å²) in [4.78, 5) is 12.4. The zero-order valence-electron chi connectivity index (χ0n) is 12.6. The van der Waals surface area contributed by atoms with E-state index in [1.165, 1.54) is 0 Å². The summed E-state index contributed by atoms with van der Waals surface area (Å²) in [6.07, 6.45) is 0. The predicted octanol–water partition coefficient (Wildman–Crippen LogP) is 2.71. The third kappa shape index (κ3) is 3.07. The van der Waals surface area contributed by atoms with Crippen LogP contribution in [0, 0.1) is 19.3 Å². The fraction of sp³-hybridized carbons (Fsp3) is 0.533. The summed E-state index contributed by atoms with van der Waals surface area (Å²) in [5.41, 5.74) is 6.78. The molecular formula is C15H24N2O2. The van der Waals surface area contributed by atoms with E-state index in [2.05, 4.69) is 5.32 Å². The van der Waals surface area contributed by atoms with Gasteiger partial charge in [-0.05, 0) is 58.7 Å². The van der Waals surface area contributed by atoms with Crippen LogP contribution in [-0.2, 0) is 4.79 Å². The van der Waals surface area contributed by atoms with Crippen LogP contribution in [0.15, 0.2) is 12.1 Å². The SMILES string of the molecule is Cc1cc(C)c(O)c(NC(=O)C(C)(C)C(C)(C)N)c1. The monoisotopic (exact) mass is 264 g/mol. The number of hydrogen-bond donors (Lipinski definition) is 3. The first kappa shape index (κ1) is 15.5. The number of carbonyl (C=O) groups is 1. The van der Waals surface area contributed by atoms with Gasteiger partial charge in [0.05, 0.1) is 11.1 Å². The van der Waals surface area contributed by atoms with Crippen LogP contribution in [0.3, 0.4) is 0 Å². The quantitative estimate of drug-likeness (QED) is 0.735. The lowest BCUT2D eigenvalue weighted by Gasteiger charge is -2.37. The Labute approximate surface area is 115 Å². The second kappa shape index (κ2) is 4.85. The minimum Gasteiger partial charge on any atom is -0.505 e.